The quantitative estimate of drug-likeness (QED) is 0.735. The van der Waals surface area contributed by atoms with Crippen LogP contribution < -0.4 is 5.32 Å². The van der Waals surface area contributed by atoms with E-state index >= 15 is 0 Å². The second-order valence-corrected chi connectivity index (χ2v) is 7.37. The molecule has 0 bridgehead atoms. The average Bonchev–Trinajstić information content (AvgIpc) is 3.23. The summed E-state index contributed by atoms with van der Waals surface area (Å²) in [6.45, 7) is 0.816. The van der Waals surface area contributed by atoms with Crippen LogP contribution in [0, 0.1) is 0 Å². The number of carbonyl (C=O) groups is 2. The zero-order valence-corrected chi connectivity index (χ0v) is 14.8. The summed E-state index contributed by atoms with van der Waals surface area (Å²) in [5, 5.41) is 5.53. The number of thiophene rings is 1. The zero-order chi connectivity index (χ0) is 16.9. The van der Waals surface area contributed by atoms with Gasteiger partial charge in [-0.1, -0.05) is 18.2 Å². The average molecular weight is 359 g/mol. The number of rotatable bonds is 6. The van der Waals surface area contributed by atoms with Gasteiger partial charge in [0.2, 0.25) is 5.91 Å². The Balaban J connectivity index is 1.48. The van der Waals surface area contributed by atoms with Crippen LogP contribution in [0.5, 0.6) is 0 Å². The summed E-state index contributed by atoms with van der Waals surface area (Å²) in [7, 11) is 1.76. The Morgan fingerprint density at radius 1 is 1.21 bits per heavy atom. The molecule has 2 aromatic heterocycles. The molecule has 0 aliphatic heterocycles. The Kier molecular flexibility index (Phi) is 5.22. The number of carbonyl (C=O) groups excluding carboxylic acids is 2. The third-order valence-corrected chi connectivity index (χ3v) is 5.40. The summed E-state index contributed by atoms with van der Waals surface area (Å²) in [4.78, 5) is 30.8. The predicted octanol–water partition coefficient (Wildman–Crippen LogP) is 3.14. The number of nitrogens with zero attached hydrogens (tertiary/aromatic N) is 2. The number of nitrogens with one attached hydrogen (secondary N) is 1. The van der Waals surface area contributed by atoms with E-state index in [2.05, 4.69) is 10.3 Å². The van der Waals surface area contributed by atoms with Crippen molar-refractivity contribution in [1.82, 2.24) is 15.2 Å². The van der Waals surface area contributed by atoms with Gasteiger partial charge >= 0.3 is 0 Å². The van der Waals surface area contributed by atoms with Crippen molar-refractivity contribution < 1.29 is 9.59 Å². The summed E-state index contributed by atoms with van der Waals surface area (Å²) in [6.07, 6.45) is 0.276. The maximum atomic E-state index is 12.2. The van der Waals surface area contributed by atoms with Crippen molar-refractivity contribution in [2.75, 3.05) is 13.6 Å². The number of fused-ring (bicyclic) bond motifs is 1. The van der Waals surface area contributed by atoms with Crippen LogP contribution in [-0.2, 0) is 11.3 Å². The highest BCUT2D eigenvalue weighted by molar-refractivity contribution is 7.18. The number of thiazole rings is 1. The van der Waals surface area contributed by atoms with Crippen molar-refractivity contribution in [3.63, 3.8) is 0 Å². The highest BCUT2D eigenvalue weighted by atomic mass is 32.1. The summed E-state index contributed by atoms with van der Waals surface area (Å²) in [5.41, 5.74) is 0.960. The van der Waals surface area contributed by atoms with E-state index in [-0.39, 0.29) is 18.2 Å². The van der Waals surface area contributed by atoms with Crippen molar-refractivity contribution in [2.24, 2.45) is 0 Å². The normalized spacial score (nSPS) is 10.7. The molecule has 3 aromatic rings. The molecule has 1 N–H and O–H groups in total. The van der Waals surface area contributed by atoms with Crippen molar-refractivity contribution in [3.8, 4) is 0 Å². The van der Waals surface area contributed by atoms with Crippen LogP contribution in [0.3, 0.4) is 0 Å². The highest BCUT2D eigenvalue weighted by Gasteiger charge is 2.13. The minimum Gasteiger partial charge on any atom is -0.351 e. The lowest BCUT2D eigenvalue weighted by molar-refractivity contribution is -0.130. The number of hydrogen-bond acceptors (Lipinski definition) is 5. The Morgan fingerprint density at radius 2 is 2.04 bits per heavy atom. The molecule has 0 spiro atoms. The molecule has 0 saturated carbocycles. The van der Waals surface area contributed by atoms with Gasteiger partial charge in [0.1, 0.15) is 5.01 Å². The van der Waals surface area contributed by atoms with Crippen molar-refractivity contribution in [1.29, 1.82) is 0 Å². The molecular formula is C17H17N3O2S2. The van der Waals surface area contributed by atoms with Crippen LogP contribution in [-0.4, -0.2) is 35.3 Å². The van der Waals surface area contributed by atoms with Crippen LogP contribution in [0.25, 0.3) is 10.2 Å². The lowest BCUT2D eigenvalue weighted by atomic mass is 10.3. The molecule has 2 amide bonds. The van der Waals surface area contributed by atoms with Crippen molar-refractivity contribution in [2.45, 2.75) is 13.0 Å². The van der Waals surface area contributed by atoms with E-state index in [0.29, 0.717) is 18.0 Å². The molecule has 0 aliphatic carbocycles. The minimum atomic E-state index is -0.133. The van der Waals surface area contributed by atoms with Gasteiger partial charge in [-0.3, -0.25) is 9.59 Å². The van der Waals surface area contributed by atoms with Gasteiger partial charge < -0.3 is 10.2 Å². The Bertz CT molecular complexity index is 810. The molecule has 0 unspecified atom stereocenters. The van der Waals surface area contributed by atoms with E-state index in [4.69, 9.17) is 0 Å². The largest absolute Gasteiger partial charge is 0.351 e. The van der Waals surface area contributed by atoms with E-state index in [1.54, 1.807) is 29.4 Å². The third-order valence-electron chi connectivity index (χ3n) is 3.51. The minimum absolute atomic E-state index is 0.0132. The molecular weight excluding hydrogens is 342 g/mol. The second kappa shape index (κ2) is 7.55. The highest BCUT2D eigenvalue weighted by Crippen LogP contribution is 2.22. The van der Waals surface area contributed by atoms with E-state index in [0.717, 1.165) is 15.2 Å². The lowest BCUT2D eigenvalue weighted by Gasteiger charge is -2.15. The summed E-state index contributed by atoms with van der Waals surface area (Å²) >= 11 is 2.98. The summed E-state index contributed by atoms with van der Waals surface area (Å²) in [5.74, 6) is -0.146. The summed E-state index contributed by atoms with van der Waals surface area (Å²) in [6, 6.07) is 11.5. The first-order valence-corrected chi connectivity index (χ1v) is 9.23. The van der Waals surface area contributed by atoms with E-state index < -0.39 is 0 Å². The van der Waals surface area contributed by atoms with Gasteiger partial charge in [-0.2, -0.15) is 0 Å². The molecule has 1 aromatic carbocycles. The first kappa shape index (κ1) is 16.6. The second-order valence-electron chi connectivity index (χ2n) is 5.31. The molecule has 5 nitrogen and oxygen atoms in total. The Hall–Kier alpha value is -2.25. The van der Waals surface area contributed by atoms with Crippen molar-refractivity contribution in [3.05, 3.63) is 51.7 Å². The maximum absolute atomic E-state index is 12.2. The van der Waals surface area contributed by atoms with Crippen LogP contribution in [0.15, 0.2) is 41.8 Å². The molecule has 0 fully saturated rings. The topological polar surface area (TPSA) is 62.3 Å². The molecule has 124 valence electrons. The Morgan fingerprint density at radius 3 is 2.79 bits per heavy atom. The SMILES string of the molecule is CN(Cc1nc2ccccc2s1)C(=O)CCNC(=O)c1cccs1. The zero-order valence-electron chi connectivity index (χ0n) is 13.2. The van der Waals surface area contributed by atoms with Crippen LogP contribution in [0.2, 0.25) is 0 Å². The molecule has 0 saturated heterocycles. The molecule has 7 heteroatoms. The van der Waals surface area contributed by atoms with Gasteiger partial charge in [0.25, 0.3) is 5.91 Å². The molecule has 0 radical (unpaired) electrons. The Labute approximate surface area is 147 Å². The number of para-hydroxylation sites is 1. The fourth-order valence-corrected chi connectivity index (χ4v) is 3.91. The number of aromatic nitrogens is 1. The van der Waals surface area contributed by atoms with Crippen molar-refractivity contribution >= 4 is 44.7 Å². The fraction of sp³-hybridized carbons (Fsp3) is 0.235. The van der Waals surface area contributed by atoms with Gasteiger partial charge in [-0.05, 0) is 23.6 Å². The van der Waals surface area contributed by atoms with E-state index in [1.807, 2.05) is 35.7 Å². The maximum Gasteiger partial charge on any atom is 0.261 e. The van der Waals surface area contributed by atoms with Crippen LogP contribution in [0.4, 0.5) is 0 Å². The predicted molar refractivity (Wildman–Crippen MR) is 97.4 cm³/mol. The van der Waals surface area contributed by atoms with E-state index in [1.165, 1.54) is 11.3 Å². The standard InChI is InChI=1S/C17H17N3O2S2/c1-20(11-15-19-12-5-2-3-6-13(12)24-15)16(21)8-9-18-17(22)14-7-4-10-23-14/h2-7,10H,8-9,11H2,1H3,(H,18,22). The molecule has 24 heavy (non-hydrogen) atoms. The monoisotopic (exact) mass is 359 g/mol. The van der Waals surface area contributed by atoms with E-state index in [9.17, 15) is 9.59 Å². The summed E-state index contributed by atoms with van der Waals surface area (Å²) < 4.78 is 1.12. The first-order valence-electron chi connectivity index (χ1n) is 7.53. The van der Waals surface area contributed by atoms with Crippen LogP contribution >= 0.6 is 22.7 Å². The number of hydrogen-bond donors (Lipinski definition) is 1. The first-order chi connectivity index (χ1) is 11.6. The number of amides is 2. The van der Waals surface area contributed by atoms with Gasteiger partial charge in [0.05, 0.1) is 21.6 Å². The van der Waals surface area contributed by atoms with Gasteiger partial charge in [0.15, 0.2) is 0 Å². The van der Waals surface area contributed by atoms with Crippen LogP contribution in [0.1, 0.15) is 21.1 Å². The molecule has 3 rings (SSSR count). The number of benzene rings is 1. The lowest BCUT2D eigenvalue weighted by Crippen LogP contribution is -2.31. The molecule has 2 heterocycles. The smallest absolute Gasteiger partial charge is 0.261 e. The molecule has 0 atom stereocenters. The molecule has 0 aliphatic rings. The van der Waals surface area contributed by atoms with Gasteiger partial charge in [-0.15, -0.1) is 22.7 Å². The fourth-order valence-electron chi connectivity index (χ4n) is 2.25. The van der Waals surface area contributed by atoms with Gasteiger partial charge in [0, 0.05) is 20.0 Å². The third kappa shape index (κ3) is 3.98. The van der Waals surface area contributed by atoms with Gasteiger partial charge in [-0.25, -0.2) is 4.98 Å².